The zero-order chi connectivity index (χ0) is 15.3. The quantitative estimate of drug-likeness (QED) is 0.378. The van der Waals surface area contributed by atoms with Crippen molar-refractivity contribution in [3.05, 3.63) is 119 Å². The van der Waals surface area contributed by atoms with Gasteiger partial charge in [0.15, 0.2) is 0 Å². The Morgan fingerprint density at radius 2 is 0.909 bits per heavy atom. The molecule has 0 atom stereocenters. The molecule has 3 rings (SSSR count). The van der Waals surface area contributed by atoms with Crippen LogP contribution in [0, 0.1) is 6.08 Å². The molecule has 3 aromatic rings. The van der Waals surface area contributed by atoms with E-state index < -0.39 is 5.41 Å². The average molecular weight is 281 g/mol. The summed E-state index contributed by atoms with van der Waals surface area (Å²) in [7, 11) is 0. The molecule has 0 saturated carbocycles. The number of rotatable bonds is 4. The van der Waals surface area contributed by atoms with Crippen LogP contribution in [0.15, 0.2) is 91.0 Å². The van der Waals surface area contributed by atoms with Crippen molar-refractivity contribution in [2.24, 2.45) is 0 Å². The van der Waals surface area contributed by atoms with Gasteiger partial charge >= 0.3 is 0 Å². The first-order valence-electron chi connectivity index (χ1n) is 7.21. The zero-order valence-corrected chi connectivity index (χ0v) is 12.1. The fraction of sp³-hybridized carbons (Fsp3) is 0.0476. The average Bonchev–Trinajstić information content (AvgIpc) is 2.62. The van der Waals surface area contributed by atoms with Gasteiger partial charge in [-0.2, -0.15) is 0 Å². The van der Waals surface area contributed by atoms with Crippen LogP contribution in [0.1, 0.15) is 16.7 Å². The maximum Gasteiger partial charge on any atom is 0.280 e. The Morgan fingerprint density at radius 3 is 1.18 bits per heavy atom. The van der Waals surface area contributed by atoms with Gasteiger partial charge in [-0.1, -0.05) is 91.0 Å². The molecule has 0 bridgehead atoms. The highest BCUT2D eigenvalue weighted by molar-refractivity contribution is 5.63. The van der Waals surface area contributed by atoms with Crippen LogP contribution in [-0.2, 0) is 5.41 Å². The Hall–Kier alpha value is -2.98. The Kier molecular flexibility index (Phi) is 3.94. The van der Waals surface area contributed by atoms with Gasteiger partial charge < -0.3 is 5.41 Å². The van der Waals surface area contributed by atoms with Gasteiger partial charge in [0.1, 0.15) is 0 Å². The molecule has 0 heterocycles. The Labute approximate surface area is 131 Å². The van der Waals surface area contributed by atoms with Crippen LogP contribution in [0.3, 0.4) is 0 Å². The van der Waals surface area contributed by atoms with Crippen molar-refractivity contribution in [2.75, 3.05) is 0 Å². The highest BCUT2D eigenvalue weighted by Crippen LogP contribution is 2.39. The molecule has 1 heteroatoms. The van der Waals surface area contributed by atoms with Crippen LogP contribution >= 0.6 is 0 Å². The van der Waals surface area contributed by atoms with Gasteiger partial charge in [-0.3, -0.25) is 0 Å². The maximum absolute atomic E-state index is 9.42. The van der Waals surface area contributed by atoms with E-state index in [4.69, 9.17) is 0 Å². The Bertz CT molecular complexity index is 673. The maximum atomic E-state index is 9.42. The lowest BCUT2D eigenvalue weighted by Crippen LogP contribution is -2.27. The van der Waals surface area contributed by atoms with Gasteiger partial charge in [-0.15, -0.1) is 0 Å². The normalized spacial score (nSPS) is 10.5. The molecule has 0 aliphatic rings. The lowest BCUT2D eigenvalue weighted by molar-refractivity contribution is 0.763. The molecular weight excluding hydrogens is 266 g/mol. The van der Waals surface area contributed by atoms with Crippen molar-refractivity contribution in [2.45, 2.75) is 5.41 Å². The molecule has 0 radical (unpaired) electrons. The summed E-state index contributed by atoms with van der Waals surface area (Å²) in [4.78, 5) is 0. The monoisotopic (exact) mass is 281 g/mol. The predicted octanol–water partition coefficient (Wildman–Crippen LogP) is 4.62. The fourth-order valence-electron chi connectivity index (χ4n) is 2.86. The first-order valence-corrected chi connectivity index (χ1v) is 7.21. The summed E-state index contributed by atoms with van der Waals surface area (Å²) < 4.78 is 0. The van der Waals surface area contributed by atoms with Crippen molar-refractivity contribution in [3.8, 4) is 0 Å². The summed E-state index contributed by atoms with van der Waals surface area (Å²) in [6.07, 6.45) is 3.05. The highest BCUT2D eigenvalue weighted by Gasteiger charge is 2.45. The second-order valence-corrected chi connectivity index (χ2v) is 5.08. The molecule has 3 aromatic carbocycles. The predicted molar refractivity (Wildman–Crippen MR) is 90.8 cm³/mol. The van der Waals surface area contributed by atoms with Crippen LogP contribution in [0.25, 0.3) is 5.41 Å². The van der Waals surface area contributed by atoms with E-state index in [-0.39, 0.29) is 0 Å². The lowest BCUT2D eigenvalue weighted by atomic mass is 9.69. The van der Waals surface area contributed by atoms with Crippen LogP contribution in [0.5, 0.6) is 0 Å². The molecule has 0 unspecified atom stereocenters. The van der Waals surface area contributed by atoms with E-state index in [1.807, 2.05) is 91.0 Å². The van der Waals surface area contributed by atoms with Gasteiger partial charge in [0, 0.05) is 22.6 Å². The van der Waals surface area contributed by atoms with Crippen LogP contribution in [-0.4, -0.2) is 5.87 Å². The summed E-state index contributed by atoms with van der Waals surface area (Å²) in [6, 6.07) is 30.2. The summed E-state index contributed by atoms with van der Waals surface area (Å²) in [5.74, 6) is 2.15. The van der Waals surface area contributed by atoms with Gasteiger partial charge in [-0.25, -0.2) is 0 Å². The molecule has 1 nitrogen and oxygen atoms in total. The fourth-order valence-corrected chi connectivity index (χ4v) is 2.86. The minimum atomic E-state index is -0.682. The standard InChI is InChI=1S/C21H15N/c22-17-16-21(18-10-4-1-5-11-18,19-12-6-2-7-13-19)20-14-8-3-9-15-20/h1-15H. The molecule has 104 valence electrons. The van der Waals surface area contributed by atoms with E-state index in [1.165, 1.54) is 0 Å². The number of nitrogens with zero attached hydrogens (tertiary/aromatic N) is 1. The van der Waals surface area contributed by atoms with Crippen LogP contribution < -0.4 is 0 Å². The van der Waals surface area contributed by atoms with Gasteiger partial charge in [0.25, 0.3) is 11.5 Å². The molecule has 0 saturated heterocycles. The van der Waals surface area contributed by atoms with E-state index in [2.05, 4.69) is 11.9 Å². The third-order valence-corrected chi connectivity index (χ3v) is 3.86. The highest BCUT2D eigenvalue weighted by atomic mass is 14.4. The van der Waals surface area contributed by atoms with E-state index in [0.29, 0.717) is 0 Å². The molecule has 22 heavy (non-hydrogen) atoms. The summed E-state index contributed by atoms with van der Waals surface area (Å²) in [6.45, 7) is 0. The summed E-state index contributed by atoms with van der Waals surface area (Å²) in [5.41, 5.74) is 2.43. The van der Waals surface area contributed by atoms with Crippen molar-refractivity contribution < 1.29 is 0 Å². The van der Waals surface area contributed by atoms with Gasteiger partial charge in [0.05, 0.1) is 0 Å². The number of hydrogen-bond acceptors (Lipinski definition) is 0. The molecular formula is C21H15N. The zero-order valence-electron chi connectivity index (χ0n) is 12.1. The SMILES string of the molecule is [N-]=C=[C+]C(c1ccccc1)(c1ccccc1)c1ccccc1. The molecule has 0 aromatic heterocycles. The number of benzene rings is 3. The second kappa shape index (κ2) is 6.20. The Morgan fingerprint density at radius 1 is 0.591 bits per heavy atom. The molecule has 0 aliphatic heterocycles. The Balaban J connectivity index is 2.37. The van der Waals surface area contributed by atoms with Gasteiger partial charge in [0.2, 0.25) is 0 Å². The molecule has 0 amide bonds. The smallest absolute Gasteiger partial charge is 0.280 e. The van der Waals surface area contributed by atoms with Crippen molar-refractivity contribution >= 4 is 5.87 Å². The molecule has 0 spiro atoms. The second-order valence-electron chi connectivity index (χ2n) is 5.08. The third-order valence-electron chi connectivity index (χ3n) is 3.86. The van der Waals surface area contributed by atoms with Crippen LogP contribution in [0.2, 0.25) is 0 Å². The molecule has 0 N–H and O–H groups in total. The van der Waals surface area contributed by atoms with Gasteiger partial charge in [-0.05, 0) is 0 Å². The lowest BCUT2D eigenvalue weighted by Gasteiger charge is -2.22. The topological polar surface area (TPSA) is 22.3 Å². The first kappa shape index (κ1) is 14.0. The third kappa shape index (κ3) is 2.36. The van der Waals surface area contributed by atoms with Crippen molar-refractivity contribution in [1.29, 1.82) is 0 Å². The minimum absolute atomic E-state index is 0.682. The van der Waals surface area contributed by atoms with Crippen molar-refractivity contribution in [3.63, 3.8) is 0 Å². The van der Waals surface area contributed by atoms with E-state index in [0.717, 1.165) is 16.7 Å². The largest absolute Gasteiger partial charge is 0.712 e. The summed E-state index contributed by atoms with van der Waals surface area (Å²) in [5, 5.41) is 9.42. The number of allylic oxidation sites excluding steroid dienone is 1. The van der Waals surface area contributed by atoms with E-state index >= 15 is 0 Å². The van der Waals surface area contributed by atoms with E-state index in [1.54, 1.807) is 0 Å². The summed E-state index contributed by atoms with van der Waals surface area (Å²) >= 11 is 0. The molecule has 0 aliphatic carbocycles. The van der Waals surface area contributed by atoms with E-state index in [9.17, 15) is 5.41 Å². The van der Waals surface area contributed by atoms with Crippen molar-refractivity contribution in [1.82, 2.24) is 0 Å². The number of hydrogen-bond donors (Lipinski definition) is 0. The first-order chi connectivity index (χ1) is 10.9. The molecule has 0 fully saturated rings. The minimum Gasteiger partial charge on any atom is -0.712 e. The van der Waals surface area contributed by atoms with Crippen LogP contribution in [0.4, 0.5) is 0 Å².